The number of hydrogen-bond acceptors (Lipinski definition) is 2. The lowest BCUT2D eigenvalue weighted by Crippen LogP contribution is -2.25. The van der Waals surface area contributed by atoms with Gasteiger partial charge in [-0.05, 0) is 24.1 Å². The summed E-state index contributed by atoms with van der Waals surface area (Å²) in [6, 6.07) is 3.83. The molecule has 1 aromatic carbocycles. The predicted octanol–water partition coefficient (Wildman–Crippen LogP) is 2.00. The topological polar surface area (TPSA) is 38.0 Å². The third-order valence-electron chi connectivity index (χ3n) is 2.55. The molecule has 0 aromatic heterocycles. The van der Waals surface area contributed by atoms with Crippen LogP contribution in [0.2, 0.25) is 0 Å². The average molecular weight is 216 g/mol. The first-order valence-electron chi connectivity index (χ1n) is 4.67. The molecule has 2 nitrogen and oxygen atoms in total. The SMILES string of the molecule is NCC1Cc2ccc(C(F)(F)F)cc2N1. The maximum absolute atomic E-state index is 12.4. The van der Waals surface area contributed by atoms with Crippen LogP contribution in [-0.2, 0) is 12.6 Å². The molecule has 1 unspecified atom stereocenters. The Balaban J connectivity index is 2.30. The highest BCUT2D eigenvalue weighted by atomic mass is 19.4. The van der Waals surface area contributed by atoms with E-state index in [1.807, 2.05) is 0 Å². The van der Waals surface area contributed by atoms with Crippen molar-refractivity contribution in [2.24, 2.45) is 5.73 Å². The van der Waals surface area contributed by atoms with Crippen LogP contribution in [-0.4, -0.2) is 12.6 Å². The molecule has 1 heterocycles. The van der Waals surface area contributed by atoms with Crippen LogP contribution in [0.3, 0.4) is 0 Å². The molecule has 82 valence electrons. The molecule has 0 saturated carbocycles. The molecule has 1 aromatic rings. The molecule has 0 saturated heterocycles. The number of alkyl halides is 3. The second kappa shape index (κ2) is 3.41. The maximum Gasteiger partial charge on any atom is 0.416 e. The third kappa shape index (κ3) is 1.92. The van der Waals surface area contributed by atoms with Gasteiger partial charge in [-0.3, -0.25) is 0 Å². The van der Waals surface area contributed by atoms with Gasteiger partial charge in [0.2, 0.25) is 0 Å². The van der Waals surface area contributed by atoms with Crippen LogP contribution in [0, 0.1) is 0 Å². The van der Waals surface area contributed by atoms with Crippen LogP contribution in [0.1, 0.15) is 11.1 Å². The summed E-state index contributed by atoms with van der Waals surface area (Å²) in [5.41, 5.74) is 6.29. The fraction of sp³-hybridized carbons (Fsp3) is 0.400. The zero-order valence-electron chi connectivity index (χ0n) is 7.93. The van der Waals surface area contributed by atoms with Crippen molar-refractivity contribution in [2.45, 2.75) is 18.6 Å². The Labute approximate surface area is 85.3 Å². The van der Waals surface area contributed by atoms with Crippen LogP contribution >= 0.6 is 0 Å². The molecule has 1 aliphatic heterocycles. The van der Waals surface area contributed by atoms with E-state index in [9.17, 15) is 13.2 Å². The molecule has 2 rings (SSSR count). The van der Waals surface area contributed by atoms with E-state index in [4.69, 9.17) is 5.73 Å². The average Bonchev–Trinajstić information content (AvgIpc) is 2.57. The summed E-state index contributed by atoms with van der Waals surface area (Å²) in [6.45, 7) is 0.427. The highest BCUT2D eigenvalue weighted by Crippen LogP contribution is 2.34. The molecule has 0 spiro atoms. The van der Waals surface area contributed by atoms with E-state index >= 15 is 0 Å². The van der Waals surface area contributed by atoms with Crippen molar-refractivity contribution in [3.63, 3.8) is 0 Å². The molecule has 15 heavy (non-hydrogen) atoms. The molecule has 0 radical (unpaired) electrons. The van der Waals surface area contributed by atoms with Crippen molar-refractivity contribution in [3.8, 4) is 0 Å². The number of nitrogens with two attached hydrogens (primary N) is 1. The fourth-order valence-electron chi connectivity index (χ4n) is 1.74. The number of hydrogen-bond donors (Lipinski definition) is 2. The van der Waals surface area contributed by atoms with E-state index in [1.165, 1.54) is 6.07 Å². The Kier molecular flexibility index (Phi) is 2.34. The van der Waals surface area contributed by atoms with Crippen molar-refractivity contribution < 1.29 is 13.2 Å². The van der Waals surface area contributed by atoms with Crippen LogP contribution in [0.15, 0.2) is 18.2 Å². The van der Waals surface area contributed by atoms with Crippen LogP contribution in [0.25, 0.3) is 0 Å². The zero-order valence-corrected chi connectivity index (χ0v) is 7.93. The molecular weight excluding hydrogens is 205 g/mol. The maximum atomic E-state index is 12.4. The Morgan fingerprint density at radius 3 is 2.73 bits per heavy atom. The van der Waals surface area contributed by atoms with Gasteiger partial charge in [0.1, 0.15) is 0 Å². The minimum absolute atomic E-state index is 0.0588. The second-order valence-corrected chi connectivity index (χ2v) is 3.65. The highest BCUT2D eigenvalue weighted by Gasteiger charge is 2.32. The monoisotopic (exact) mass is 216 g/mol. The molecule has 1 atom stereocenters. The smallest absolute Gasteiger partial charge is 0.380 e. The quantitative estimate of drug-likeness (QED) is 0.753. The molecule has 3 N–H and O–H groups in total. The van der Waals surface area contributed by atoms with Crippen molar-refractivity contribution >= 4 is 5.69 Å². The summed E-state index contributed by atoms with van der Waals surface area (Å²) >= 11 is 0. The number of rotatable bonds is 1. The summed E-state index contributed by atoms with van der Waals surface area (Å²) < 4.78 is 37.1. The van der Waals surface area contributed by atoms with E-state index in [0.29, 0.717) is 18.7 Å². The van der Waals surface area contributed by atoms with E-state index in [-0.39, 0.29) is 6.04 Å². The lowest BCUT2D eigenvalue weighted by atomic mass is 10.1. The van der Waals surface area contributed by atoms with E-state index < -0.39 is 11.7 Å². The van der Waals surface area contributed by atoms with Gasteiger partial charge in [0.05, 0.1) is 5.56 Å². The summed E-state index contributed by atoms with van der Waals surface area (Å²) in [7, 11) is 0. The number of anilines is 1. The molecule has 5 heteroatoms. The largest absolute Gasteiger partial charge is 0.416 e. The molecule has 0 bridgehead atoms. The van der Waals surface area contributed by atoms with E-state index in [1.54, 1.807) is 0 Å². The Morgan fingerprint density at radius 1 is 1.40 bits per heavy atom. The van der Waals surface area contributed by atoms with Gasteiger partial charge in [-0.25, -0.2) is 0 Å². The molecule has 0 fully saturated rings. The van der Waals surface area contributed by atoms with Gasteiger partial charge in [0.25, 0.3) is 0 Å². The van der Waals surface area contributed by atoms with Gasteiger partial charge in [-0.2, -0.15) is 13.2 Å². The Bertz CT molecular complexity index is 373. The van der Waals surface area contributed by atoms with Gasteiger partial charge in [-0.15, -0.1) is 0 Å². The number of fused-ring (bicyclic) bond motifs is 1. The van der Waals surface area contributed by atoms with Crippen LogP contribution in [0.5, 0.6) is 0 Å². The summed E-state index contributed by atoms with van der Waals surface area (Å²) in [6.07, 6.45) is -3.58. The second-order valence-electron chi connectivity index (χ2n) is 3.65. The van der Waals surface area contributed by atoms with Gasteiger partial charge in [0.15, 0.2) is 0 Å². The third-order valence-corrected chi connectivity index (χ3v) is 2.55. The molecule has 0 aliphatic carbocycles. The van der Waals surface area contributed by atoms with Gasteiger partial charge in [0, 0.05) is 18.3 Å². The molecule has 0 amide bonds. The van der Waals surface area contributed by atoms with Crippen molar-refractivity contribution in [1.29, 1.82) is 0 Å². The molecule has 1 aliphatic rings. The van der Waals surface area contributed by atoms with Gasteiger partial charge >= 0.3 is 6.18 Å². The fourth-order valence-corrected chi connectivity index (χ4v) is 1.74. The summed E-state index contributed by atoms with van der Waals surface area (Å²) in [5.74, 6) is 0. The Morgan fingerprint density at radius 2 is 2.13 bits per heavy atom. The van der Waals surface area contributed by atoms with Crippen molar-refractivity contribution in [3.05, 3.63) is 29.3 Å². The minimum Gasteiger partial charge on any atom is -0.380 e. The standard InChI is InChI=1S/C10H11F3N2/c11-10(12,13)7-2-1-6-3-8(5-14)15-9(6)4-7/h1-2,4,8,15H,3,5,14H2. The lowest BCUT2D eigenvalue weighted by Gasteiger charge is -2.09. The summed E-state index contributed by atoms with van der Waals surface area (Å²) in [4.78, 5) is 0. The number of benzene rings is 1. The number of nitrogens with one attached hydrogen (secondary N) is 1. The van der Waals surface area contributed by atoms with Crippen LogP contribution < -0.4 is 11.1 Å². The minimum atomic E-state index is -4.28. The summed E-state index contributed by atoms with van der Waals surface area (Å²) in [5, 5.41) is 2.97. The van der Waals surface area contributed by atoms with Crippen molar-refractivity contribution in [1.82, 2.24) is 0 Å². The predicted molar refractivity (Wildman–Crippen MR) is 51.6 cm³/mol. The normalized spacial score (nSPS) is 19.9. The first kappa shape index (κ1) is 10.3. The lowest BCUT2D eigenvalue weighted by molar-refractivity contribution is -0.137. The highest BCUT2D eigenvalue weighted by molar-refractivity contribution is 5.58. The zero-order chi connectivity index (χ0) is 11.1. The van der Waals surface area contributed by atoms with Crippen molar-refractivity contribution in [2.75, 3.05) is 11.9 Å². The first-order chi connectivity index (χ1) is 7.00. The Hall–Kier alpha value is -1.23. The van der Waals surface area contributed by atoms with E-state index in [0.717, 1.165) is 17.7 Å². The molecular formula is C10H11F3N2. The number of halogens is 3. The van der Waals surface area contributed by atoms with Gasteiger partial charge < -0.3 is 11.1 Å². The van der Waals surface area contributed by atoms with Gasteiger partial charge in [-0.1, -0.05) is 6.07 Å². The van der Waals surface area contributed by atoms with E-state index in [2.05, 4.69) is 5.32 Å². The first-order valence-corrected chi connectivity index (χ1v) is 4.67. The van der Waals surface area contributed by atoms with Crippen LogP contribution in [0.4, 0.5) is 18.9 Å².